The normalized spacial score (nSPS) is 11.8. The summed E-state index contributed by atoms with van der Waals surface area (Å²) in [6.45, 7) is 11.7. The van der Waals surface area contributed by atoms with Crippen molar-refractivity contribution >= 4 is 23.0 Å². The molecule has 0 aliphatic carbocycles. The highest BCUT2D eigenvalue weighted by Crippen LogP contribution is 2.12. The van der Waals surface area contributed by atoms with E-state index in [1.165, 1.54) is 11.1 Å². The molecule has 0 saturated carbocycles. The molecule has 0 spiro atoms. The van der Waals surface area contributed by atoms with Gasteiger partial charge >= 0.3 is 0 Å². The first-order valence-electron chi connectivity index (χ1n) is 9.39. The lowest BCUT2D eigenvalue weighted by Crippen LogP contribution is -2.13. The monoisotopic (exact) mass is 371 g/mol. The van der Waals surface area contributed by atoms with E-state index in [2.05, 4.69) is 39.2 Å². The molecule has 1 aromatic heterocycles. The fourth-order valence-electron chi connectivity index (χ4n) is 2.56. The predicted octanol–water partition coefficient (Wildman–Crippen LogP) is 5.84. The van der Waals surface area contributed by atoms with Gasteiger partial charge in [0.15, 0.2) is 0 Å². The highest BCUT2D eigenvalue weighted by Gasteiger charge is 2.07. The molecule has 0 N–H and O–H groups in total. The Balaban J connectivity index is 0.00000163. The van der Waals surface area contributed by atoms with Gasteiger partial charge in [0, 0.05) is 24.8 Å². The van der Waals surface area contributed by atoms with Crippen molar-refractivity contribution in [1.82, 2.24) is 4.98 Å². The van der Waals surface area contributed by atoms with Gasteiger partial charge in [-0.2, -0.15) is 0 Å². The SMILES string of the molecule is CC.CCN=C(C)C(=NCC)c1ccc(CCc2ccc(Cl)nc2)cc1. The molecule has 0 saturated heterocycles. The summed E-state index contributed by atoms with van der Waals surface area (Å²) >= 11 is 5.82. The number of aromatic nitrogens is 1. The van der Waals surface area contributed by atoms with E-state index in [4.69, 9.17) is 11.6 Å². The van der Waals surface area contributed by atoms with Crippen LogP contribution in [0.3, 0.4) is 0 Å². The van der Waals surface area contributed by atoms with Crippen molar-refractivity contribution in [3.63, 3.8) is 0 Å². The van der Waals surface area contributed by atoms with E-state index in [0.717, 1.165) is 42.9 Å². The van der Waals surface area contributed by atoms with Crippen LogP contribution in [0.25, 0.3) is 0 Å². The summed E-state index contributed by atoms with van der Waals surface area (Å²) in [6.07, 6.45) is 3.77. The zero-order valence-electron chi connectivity index (χ0n) is 16.6. The summed E-state index contributed by atoms with van der Waals surface area (Å²) in [5.41, 5.74) is 5.62. The Morgan fingerprint density at radius 2 is 1.46 bits per heavy atom. The average molecular weight is 372 g/mol. The smallest absolute Gasteiger partial charge is 0.129 e. The van der Waals surface area contributed by atoms with Gasteiger partial charge in [-0.3, -0.25) is 9.98 Å². The Morgan fingerprint density at radius 1 is 0.885 bits per heavy atom. The second-order valence-corrected chi connectivity index (χ2v) is 5.96. The lowest BCUT2D eigenvalue weighted by atomic mass is 10.0. The van der Waals surface area contributed by atoms with Crippen LogP contribution in [0.2, 0.25) is 5.15 Å². The maximum Gasteiger partial charge on any atom is 0.129 e. The van der Waals surface area contributed by atoms with E-state index in [1.54, 1.807) is 0 Å². The fourth-order valence-corrected chi connectivity index (χ4v) is 2.67. The number of halogens is 1. The van der Waals surface area contributed by atoms with Gasteiger partial charge in [0.05, 0.1) is 11.4 Å². The average Bonchev–Trinajstić information content (AvgIpc) is 2.68. The van der Waals surface area contributed by atoms with Gasteiger partial charge < -0.3 is 0 Å². The molecule has 3 nitrogen and oxygen atoms in total. The Bertz CT molecular complexity index is 701. The minimum absolute atomic E-state index is 0.537. The number of aryl methyl sites for hydroxylation is 2. The first-order chi connectivity index (χ1) is 12.6. The summed E-state index contributed by atoms with van der Waals surface area (Å²) in [5, 5.41) is 0.537. The van der Waals surface area contributed by atoms with E-state index in [0.29, 0.717) is 5.15 Å². The molecule has 26 heavy (non-hydrogen) atoms. The fraction of sp³-hybridized carbons (Fsp3) is 0.409. The van der Waals surface area contributed by atoms with E-state index in [-0.39, 0.29) is 0 Å². The highest BCUT2D eigenvalue weighted by molar-refractivity contribution is 6.47. The van der Waals surface area contributed by atoms with Crippen LogP contribution in [0, 0.1) is 0 Å². The number of pyridine rings is 1. The molecular weight excluding hydrogens is 342 g/mol. The van der Waals surface area contributed by atoms with Gasteiger partial charge in [-0.25, -0.2) is 4.98 Å². The van der Waals surface area contributed by atoms with Gasteiger partial charge in [-0.15, -0.1) is 0 Å². The number of hydrogen-bond donors (Lipinski definition) is 0. The van der Waals surface area contributed by atoms with Crippen LogP contribution in [0.15, 0.2) is 52.6 Å². The number of aliphatic imine (C=N–C) groups is 2. The van der Waals surface area contributed by atoms with Crippen LogP contribution in [0.4, 0.5) is 0 Å². The quantitative estimate of drug-likeness (QED) is 0.445. The first-order valence-corrected chi connectivity index (χ1v) is 9.77. The third kappa shape index (κ3) is 7.09. The minimum atomic E-state index is 0.537. The lowest BCUT2D eigenvalue weighted by molar-refractivity contribution is 0.950. The molecule has 1 heterocycles. The van der Waals surface area contributed by atoms with Crippen LogP contribution in [0.1, 0.15) is 51.3 Å². The maximum atomic E-state index is 5.82. The Hall–Kier alpha value is -2.00. The van der Waals surface area contributed by atoms with Gasteiger partial charge in [-0.05, 0) is 50.8 Å². The number of rotatable bonds is 7. The molecule has 0 unspecified atom stereocenters. The molecule has 140 valence electrons. The van der Waals surface area contributed by atoms with Crippen LogP contribution in [-0.2, 0) is 12.8 Å². The zero-order chi connectivity index (χ0) is 19.4. The molecular formula is C22H30ClN3. The van der Waals surface area contributed by atoms with Crippen LogP contribution < -0.4 is 0 Å². The minimum Gasteiger partial charge on any atom is -0.288 e. The van der Waals surface area contributed by atoms with Crippen molar-refractivity contribution in [3.05, 3.63) is 64.4 Å². The number of hydrogen-bond acceptors (Lipinski definition) is 3. The van der Waals surface area contributed by atoms with Crippen molar-refractivity contribution in [2.45, 2.75) is 47.5 Å². The van der Waals surface area contributed by atoms with Crippen molar-refractivity contribution in [2.75, 3.05) is 13.1 Å². The number of benzene rings is 1. The van der Waals surface area contributed by atoms with E-state index in [9.17, 15) is 0 Å². The Kier molecular flexibility index (Phi) is 10.5. The standard InChI is InChI=1S/C20H24ClN3.C2H6/c1-4-22-15(3)20(23-5-2)18-11-8-16(9-12-18)6-7-17-10-13-19(21)24-14-17;1-2/h8-14H,4-7H2,1-3H3;1-2H3. The van der Waals surface area contributed by atoms with Crippen molar-refractivity contribution in [2.24, 2.45) is 9.98 Å². The van der Waals surface area contributed by atoms with Crippen LogP contribution in [0.5, 0.6) is 0 Å². The van der Waals surface area contributed by atoms with Gasteiger partial charge in [0.2, 0.25) is 0 Å². The van der Waals surface area contributed by atoms with E-state index >= 15 is 0 Å². The first kappa shape index (κ1) is 22.0. The van der Waals surface area contributed by atoms with Crippen LogP contribution in [-0.4, -0.2) is 29.5 Å². The third-order valence-corrected chi connectivity index (χ3v) is 4.00. The molecule has 2 rings (SSSR count). The largest absolute Gasteiger partial charge is 0.288 e. The molecule has 1 aromatic carbocycles. The lowest BCUT2D eigenvalue weighted by Gasteiger charge is -2.08. The van der Waals surface area contributed by atoms with E-state index in [1.807, 2.05) is 52.9 Å². The third-order valence-electron chi connectivity index (χ3n) is 3.77. The Labute approximate surface area is 163 Å². The molecule has 0 fully saturated rings. The summed E-state index contributed by atoms with van der Waals surface area (Å²) in [5.74, 6) is 0. The summed E-state index contributed by atoms with van der Waals surface area (Å²) in [4.78, 5) is 13.2. The highest BCUT2D eigenvalue weighted by atomic mass is 35.5. The van der Waals surface area contributed by atoms with Gasteiger partial charge in [-0.1, -0.05) is 55.8 Å². The number of nitrogens with zero attached hydrogens (tertiary/aromatic N) is 3. The zero-order valence-corrected chi connectivity index (χ0v) is 17.3. The maximum absolute atomic E-state index is 5.82. The predicted molar refractivity (Wildman–Crippen MR) is 115 cm³/mol. The molecule has 0 amide bonds. The molecule has 0 bridgehead atoms. The Morgan fingerprint density at radius 3 is 2.00 bits per heavy atom. The topological polar surface area (TPSA) is 37.6 Å². The van der Waals surface area contributed by atoms with E-state index < -0.39 is 0 Å². The summed E-state index contributed by atoms with van der Waals surface area (Å²) in [7, 11) is 0. The van der Waals surface area contributed by atoms with Crippen molar-refractivity contribution in [1.29, 1.82) is 0 Å². The van der Waals surface area contributed by atoms with Gasteiger partial charge in [0.1, 0.15) is 5.15 Å². The second-order valence-electron chi connectivity index (χ2n) is 5.57. The summed E-state index contributed by atoms with van der Waals surface area (Å²) in [6, 6.07) is 12.5. The van der Waals surface area contributed by atoms with Crippen LogP contribution >= 0.6 is 11.6 Å². The van der Waals surface area contributed by atoms with Crippen molar-refractivity contribution in [3.8, 4) is 0 Å². The molecule has 4 heteroatoms. The van der Waals surface area contributed by atoms with Gasteiger partial charge in [0.25, 0.3) is 0 Å². The molecule has 0 radical (unpaired) electrons. The summed E-state index contributed by atoms with van der Waals surface area (Å²) < 4.78 is 0. The molecule has 0 atom stereocenters. The molecule has 2 aromatic rings. The van der Waals surface area contributed by atoms with Crippen molar-refractivity contribution < 1.29 is 0 Å². The molecule has 0 aliphatic heterocycles. The molecule has 0 aliphatic rings. The second kappa shape index (κ2) is 12.4.